The maximum atomic E-state index is 13.2. The van der Waals surface area contributed by atoms with E-state index in [1.54, 1.807) is 35.6 Å². The molecule has 190 valence electrons. The van der Waals surface area contributed by atoms with Gasteiger partial charge in [-0.1, -0.05) is 23.2 Å². The smallest absolute Gasteiger partial charge is 0.251 e. The molecule has 10 heteroatoms. The van der Waals surface area contributed by atoms with Crippen molar-refractivity contribution in [3.8, 4) is 0 Å². The van der Waals surface area contributed by atoms with E-state index < -0.39 is 5.54 Å². The predicted octanol–water partition coefficient (Wildman–Crippen LogP) is 3.84. The first-order chi connectivity index (χ1) is 17.3. The highest BCUT2D eigenvalue weighted by Crippen LogP contribution is 2.33. The molecule has 7 nitrogen and oxygen atoms in total. The molecular formula is C26H28Cl2N4O3S. The Morgan fingerprint density at radius 3 is 2.36 bits per heavy atom. The van der Waals surface area contributed by atoms with E-state index in [9.17, 15) is 14.4 Å². The number of fused-ring (bicyclic) bond motifs is 1. The second-order valence-corrected chi connectivity index (χ2v) is 10.9. The Morgan fingerprint density at radius 1 is 0.972 bits per heavy atom. The van der Waals surface area contributed by atoms with Gasteiger partial charge >= 0.3 is 0 Å². The fourth-order valence-corrected chi connectivity index (χ4v) is 5.84. The minimum absolute atomic E-state index is 0.191. The molecular weight excluding hydrogens is 519 g/mol. The summed E-state index contributed by atoms with van der Waals surface area (Å²) in [4.78, 5) is 39.5. The van der Waals surface area contributed by atoms with Gasteiger partial charge in [-0.15, -0.1) is 11.3 Å². The van der Waals surface area contributed by atoms with E-state index >= 15 is 0 Å². The summed E-state index contributed by atoms with van der Waals surface area (Å²) in [5.41, 5.74) is 0.538. The maximum Gasteiger partial charge on any atom is 0.251 e. The second kappa shape index (κ2) is 11.6. The molecule has 0 saturated carbocycles. The topological polar surface area (TPSA) is 99.3 Å². The van der Waals surface area contributed by atoms with E-state index in [-0.39, 0.29) is 37.2 Å². The summed E-state index contributed by atoms with van der Waals surface area (Å²) in [6.07, 6.45) is 1.17. The van der Waals surface area contributed by atoms with Gasteiger partial charge in [-0.05, 0) is 86.3 Å². The van der Waals surface area contributed by atoms with Crippen molar-refractivity contribution in [3.05, 3.63) is 68.5 Å². The number of amides is 3. The molecule has 4 N–H and O–H groups in total. The Bertz CT molecular complexity index is 1270. The van der Waals surface area contributed by atoms with E-state index in [1.807, 2.05) is 25.1 Å². The van der Waals surface area contributed by atoms with Crippen LogP contribution in [0.15, 0.2) is 42.5 Å². The minimum atomic E-state index is -0.990. The van der Waals surface area contributed by atoms with Gasteiger partial charge in [0, 0.05) is 38.3 Å². The van der Waals surface area contributed by atoms with Crippen molar-refractivity contribution in [1.29, 1.82) is 0 Å². The van der Waals surface area contributed by atoms with Crippen molar-refractivity contribution in [2.24, 2.45) is 0 Å². The van der Waals surface area contributed by atoms with Crippen LogP contribution in [0, 0.1) is 6.92 Å². The van der Waals surface area contributed by atoms with Crippen LogP contribution in [0.5, 0.6) is 0 Å². The van der Waals surface area contributed by atoms with Crippen LogP contribution in [0.2, 0.25) is 10.0 Å². The molecule has 3 amide bonds. The van der Waals surface area contributed by atoms with Crippen molar-refractivity contribution in [3.63, 3.8) is 0 Å². The minimum Gasteiger partial charge on any atom is -0.352 e. The van der Waals surface area contributed by atoms with Gasteiger partial charge in [0.25, 0.3) is 5.91 Å². The van der Waals surface area contributed by atoms with E-state index in [1.165, 1.54) is 0 Å². The van der Waals surface area contributed by atoms with Crippen LogP contribution in [0.4, 0.5) is 0 Å². The number of aryl methyl sites for hydroxylation is 1. The standard InChI is InChI=1S/C26H28Cl2N4O3S/c1-16-20-14-19(28)6-7-21(20)36-22(16)15-23(33)32-26(8-10-29-11-9-26)25(35)31-13-12-30-24(34)17-2-4-18(27)5-3-17/h2-7,14,29H,8-13,15H2,1H3,(H,30,34)(H,31,35)(H,32,33). The normalized spacial score (nSPS) is 14.9. The van der Waals surface area contributed by atoms with Crippen molar-refractivity contribution >= 4 is 62.3 Å². The monoisotopic (exact) mass is 546 g/mol. The molecule has 3 aromatic rings. The highest BCUT2D eigenvalue weighted by molar-refractivity contribution is 7.19. The molecule has 4 rings (SSSR count). The first-order valence-electron chi connectivity index (χ1n) is 11.8. The van der Waals surface area contributed by atoms with Crippen LogP contribution >= 0.6 is 34.5 Å². The third-order valence-electron chi connectivity index (χ3n) is 6.39. The fourth-order valence-electron chi connectivity index (χ4n) is 4.36. The average molecular weight is 548 g/mol. The van der Waals surface area contributed by atoms with E-state index in [0.717, 1.165) is 20.5 Å². The zero-order valence-corrected chi connectivity index (χ0v) is 22.2. The number of nitrogens with one attached hydrogen (secondary N) is 4. The molecule has 0 bridgehead atoms. The van der Waals surface area contributed by atoms with E-state index in [2.05, 4.69) is 21.3 Å². The Hall–Kier alpha value is -2.65. The molecule has 1 aliphatic heterocycles. The summed E-state index contributed by atoms with van der Waals surface area (Å²) < 4.78 is 1.08. The molecule has 0 radical (unpaired) electrons. The Morgan fingerprint density at radius 2 is 1.64 bits per heavy atom. The lowest BCUT2D eigenvalue weighted by atomic mass is 9.87. The van der Waals surface area contributed by atoms with Gasteiger partial charge in [0.2, 0.25) is 11.8 Å². The molecule has 2 heterocycles. The van der Waals surface area contributed by atoms with E-state index in [0.29, 0.717) is 41.5 Å². The van der Waals surface area contributed by atoms with Crippen LogP contribution in [0.25, 0.3) is 10.1 Å². The molecule has 1 saturated heterocycles. The summed E-state index contributed by atoms with van der Waals surface area (Å²) >= 11 is 13.6. The van der Waals surface area contributed by atoms with Crippen LogP contribution in [-0.2, 0) is 16.0 Å². The Labute approximate surface area is 223 Å². The number of benzene rings is 2. The highest BCUT2D eigenvalue weighted by Gasteiger charge is 2.40. The molecule has 2 aromatic carbocycles. The molecule has 0 aliphatic carbocycles. The van der Waals surface area contributed by atoms with Gasteiger partial charge in [0.05, 0.1) is 6.42 Å². The van der Waals surface area contributed by atoms with Crippen molar-refractivity contribution in [1.82, 2.24) is 21.3 Å². The lowest BCUT2D eigenvalue weighted by Gasteiger charge is -2.37. The first kappa shape index (κ1) is 26.4. The summed E-state index contributed by atoms with van der Waals surface area (Å²) in [5, 5.41) is 14.2. The summed E-state index contributed by atoms with van der Waals surface area (Å²) in [6.45, 7) is 3.75. The number of halogens is 2. The number of hydrogen-bond donors (Lipinski definition) is 4. The Balaban J connectivity index is 1.35. The van der Waals surface area contributed by atoms with Gasteiger partial charge in [-0.2, -0.15) is 0 Å². The summed E-state index contributed by atoms with van der Waals surface area (Å²) in [7, 11) is 0. The van der Waals surface area contributed by atoms with Crippen LogP contribution < -0.4 is 21.3 Å². The number of carbonyl (C=O) groups is 3. The predicted molar refractivity (Wildman–Crippen MR) is 145 cm³/mol. The lowest BCUT2D eigenvalue weighted by Crippen LogP contribution is -2.63. The van der Waals surface area contributed by atoms with Gasteiger partial charge in [-0.25, -0.2) is 0 Å². The van der Waals surface area contributed by atoms with Crippen LogP contribution in [-0.4, -0.2) is 49.4 Å². The number of thiophene rings is 1. The molecule has 36 heavy (non-hydrogen) atoms. The van der Waals surface area contributed by atoms with Gasteiger partial charge in [-0.3, -0.25) is 14.4 Å². The number of piperidine rings is 1. The van der Waals surface area contributed by atoms with Crippen LogP contribution in [0.1, 0.15) is 33.6 Å². The SMILES string of the molecule is Cc1c(CC(=O)NC2(C(=O)NCCNC(=O)c3ccc(Cl)cc3)CCNCC2)sc2ccc(Cl)cc12. The number of rotatable bonds is 8. The summed E-state index contributed by atoms with van der Waals surface area (Å²) in [5.74, 6) is -0.674. The third kappa shape index (κ3) is 6.18. The zero-order valence-electron chi connectivity index (χ0n) is 19.9. The number of hydrogen-bond acceptors (Lipinski definition) is 5. The molecule has 0 unspecified atom stereocenters. The first-order valence-corrected chi connectivity index (χ1v) is 13.4. The maximum absolute atomic E-state index is 13.2. The zero-order chi connectivity index (χ0) is 25.7. The second-order valence-electron chi connectivity index (χ2n) is 8.87. The molecule has 0 atom stereocenters. The molecule has 1 aliphatic rings. The molecule has 1 fully saturated rings. The lowest BCUT2D eigenvalue weighted by molar-refractivity contribution is -0.134. The van der Waals surface area contributed by atoms with E-state index in [4.69, 9.17) is 23.2 Å². The van der Waals surface area contributed by atoms with Gasteiger partial charge in [0.1, 0.15) is 5.54 Å². The number of carbonyl (C=O) groups excluding carboxylic acids is 3. The average Bonchev–Trinajstić information content (AvgIpc) is 3.16. The fraction of sp³-hybridized carbons (Fsp3) is 0.346. The van der Waals surface area contributed by atoms with Gasteiger partial charge in [0.15, 0.2) is 0 Å². The Kier molecular flexibility index (Phi) is 8.51. The summed E-state index contributed by atoms with van der Waals surface area (Å²) in [6, 6.07) is 12.3. The quantitative estimate of drug-likeness (QED) is 0.322. The molecule has 1 aromatic heterocycles. The van der Waals surface area contributed by atoms with Crippen LogP contribution in [0.3, 0.4) is 0 Å². The third-order valence-corrected chi connectivity index (χ3v) is 8.15. The largest absolute Gasteiger partial charge is 0.352 e. The van der Waals surface area contributed by atoms with Gasteiger partial charge < -0.3 is 21.3 Å². The van der Waals surface area contributed by atoms with Crippen molar-refractivity contribution in [2.75, 3.05) is 26.2 Å². The van der Waals surface area contributed by atoms with Crippen molar-refractivity contribution < 1.29 is 14.4 Å². The van der Waals surface area contributed by atoms with Crippen molar-refractivity contribution in [2.45, 2.75) is 31.7 Å². The highest BCUT2D eigenvalue weighted by atomic mass is 35.5. The molecule has 0 spiro atoms.